The molecule has 2 unspecified atom stereocenters. The minimum Gasteiger partial charge on any atom is -0.481 e. The molecular formula is C9H14O4S. The van der Waals surface area contributed by atoms with Crippen LogP contribution < -0.4 is 0 Å². The molecule has 1 aliphatic rings. The van der Waals surface area contributed by atoms with Gasteiger partial charge in [0.15, 0.2) is 0 Å². The second-order valence-corrected chi connectivity index (χ2v) is 4.77. The lowest BCUT2D eigenvalue weighted by Gasteiger charge is -2.29. The number of hydrogen-bond acceptors (Lipinski definition) is 3. The highest BCUT2D eigenvalue weighted by Crippen LogP contribution is 2.35. The van der Waals surface area contributed by atoms with Crippen LogP contribution in [0.1, 0.15) is 19.3 Å². The van der Waals surface area contributed by atoms with Gasteiger partial charge >= 0.3 is 11.9 Å². The van der Waals surface area contributed by atoms with E-state index in [1.165, 1.54) is 0 Å². The molecule has 2 atom stereocenters. The first-order valence-electron chi connectivity index (χ1n) is 4.53. The molecule has 0 amide bonds. The van der Waals surface area contributed by atoms with Crippen LogP contribution in [0.2, 0.25) is 0 Å². The summed E-state index contributed by atoms with van der Waals surface area (Å²) in [5, 5.41) is 17.9. The third-order valence-electron chi connectivity index (χ3n) is 2.70. The van der Waals surface area contributed by atoms with Crippen LogP contribution >= 0.6 is 11.8 Å². The van der Waals surface area contributed by atoms with Crippen LogP contribution in [-0.4, -0.2) is 33.7 Å². The van der Waals surface area contributed by atoms with Crippen molar-refractivity contribution in [3.63, 3.8) is 0 Å². The van der Waals surface area contributed by atoms with Crippen molar-refractivity contribution in [1.82, 2.24) is 0 Å². The summed E-state index contributed by atoms with van der Waals surface area (Å²) in [6, 6.07) is 0. The van der Waals surface area contributed by atoms with Crippen LogP contribution in [0.3, 0.4) is 0 Å². The van der Waals surface area contributed by atoms with Crippen LogP contribution in [-0.2, 0) is 9.59 Å². The second kappa shape index (κ2) is 4.68. The van der Waals surface area contributed by atoms with Gasteiger partial charge in [-0.15, -0.1) is 0 Å². The van der Waals surface area contributed by atoms with Crippen LogP contribution in [0.4, 0.5) is 0 Å². The summed E-state index contributed by atoms with van der Waals surface area (Å²) >= 11 is 1.56. The minimum absolute atomic E-state index is 0.172. The van der Waals surface area contributed by atoms with Crippen LogP contribution in [0.15, 0.2) is 0 Å². The Hall–Kier alpha value is -0.710. The lowest BCUT2D eigenvalue weighted by Crippen LogP contribution is -2.33. The van der Waals surface area contributed by atoms with Gasteiger partial charge in [0, 0.05) is 5.25 Å². The topological polar surface area (TPSA) is 74.6 Å². The Morgan fingerprint density at radius 2 is 1.50 bits per heavy atom. The van der Waals surface area contributed by atoms with Crippen molar-refractivity contribution < 1.29 is 19.8 Å². The fraction of sp³-hybridized carbons (Fsp3) is 0.778. The van der Waals surface area contributed by atoms with Gasteiger partial charge in [-0.3, -0.25) is 9.59 Å². The summed E-state index contributed by atoms with van der Waals surface area (Å²) in [5.74, 6) is -2.70. The standard InChI is InChI=1S/C9H14O4S/c1-14-7-3-5(8(10)11)2-6(4-7)9(12)13/h5-7H,2-4H2,1H3,(H,10,11)(H,12,13). The molecule has 0 aromatic rings. The van der Waals surface area contributed by atoms with E-state index in [1.54, 1.807) is 11.8 Å². The third-order valence-corrected chi connectivity index (χ3v) is 3.75. The van der Waals surface area contributed by atoms with Crippen LogP contribution in [0.25, 0.3) is 0 Å². The summed E-state index contributed by atoms with van der Waals surface area (Å²) in [5.41, 5.74) is 0. The summed E-state index contributed by atoms with van der Waals surface area (Å²) in [4.78, 5) is 21.6. The van der Waals surface area contributed by atoms with Crippen molar-refractivity contribution in [3.05, 3.63) is 0 Å². The van der Waals surface area contributed by atoms with Gasteiger partial charge < -0.3 is 10.2 Å². The summed E-state index contributed by atoms with van der Waals surface area (Å²) in [7, 11) is 0. The number of rotatable bonds is 3. The van der Waals surface area contributed by atoms with Crippen LogP contribution in [0, 0.1) is 11.8 Å². The fourth-order valence-electron chi connectivity index (χ4n) is 1.86. The Balaban J connectivity index is 2.66. The molecule has 1 aliphatic carbocycles. The quantitative estimate of drug-likeness (QED) is 0.747. The fourth-order valence-corrected chi connectivity index (χ4v) is 2.71. The van der Waals surface area contributed by atoms with E-state index >= 15 is 0 Å². The van der Waals surface area contributed by atoms with Crippen molar-refractivity contribution >= 4 is 23.7 Å². The molecule has 0 radical (unpaired) electrons. The van der Waals surface area contributed by atoms with Crippen LogP contribution in [0.5, 0.6) is 0 Å². The number of carbonyl (C=O) groups is 2. The first-order chi connectivity index (χ1) is 6.54. The van der Waals surface area contributed by atoms with E-state index in [4.69, 9.17) is 10.2 Å². The molecular weight excluding hydrogens is 204 g/mol. The normalized spacial score (nSPS) is 32.5. The van der Waals surface area contributed by atoms with Gasteiger partial charge in [-0.05, 0) is 25.5 Å². The SMILES string of the molecule is CSC1CC(C(=O)O)CC(C(=O)O)C1. The van der Waals surface area contributed by atoms with E-state index < -0.39 is 23.8 Å². The first-order valence-corrected chi connectivity index (χ1v) is 5.81. The van der Waals surface area contributed by atoms with E-state index in [0.717, 1.165) is 0 Å². The Kier molecular flexibility index (Phi) is 3.80. The summed E-state index contributed by atoms with van der Waals surface area (Å²) < 4.78 is 0. The molecule has 5 heteroatoms. The van der Waals surface area contributed by atoms with Gasteiger partial charge in [0.1, 0.15) is 0 Å². The molecule has 0 saturated heterocycles. The second-order valence-electron chi connectivity index (χ2n) is 3.64. The highest BCUT2D eigenvalue weighted by Gasteiger charge is 2.35. The van der Waals surface area contributed by atoms with Gasteiger partial charge in [-0.25, -0.2) is 0 Å². The average Bonchev–Trinajstić information content (AvgIpc) is 2.16. The highest BCUT2D eigenvalue weighted by atomic mass is 32.2. The monoisotopic (exact) mass is 218 g/mol. The molecule has 1 fully saturated rings. The maximum absolute atomic E-state index is 10.8. The molecule has 14 heavy (non-hydrogen) atoms. The average molecular weight is 218 g/mol. The van der Waals surface area contributed by atoms with Gasteiger partial charge in [-0.2, -0.15) is 11.8 Å². The van der Waals surface area contributed by atoms with E-state index in [-0.39, 0.29) is 11.7 Å². The van der Waals surface area contributed by atoms with E-state index in [1.807, 2.05) is 6.26 Å². The first kappa shape index (κ1) is 11.4. The summed E-state index contributed by atoms with van der Waals surface area (Å²) in [6.07, 6.45) is 3.37. The zero-order valence-corrected chi connectivity index (χ0v) is 8.79. The van der Waals surface area contributed by atoms with Crippen molar-refractivity contribution in [3.8, 4) is 0 Å². The predicted molar refractivity (Wildman–Crippen MR) is 53.4 cm³/mol. The molecule has 80 valence electrons. The maximum atomic E-state index is 10.8. The van der Waals surface area contributed by atoms with Crippen molar-refractivity contribution in [1.29, 1.82) is 0 Å². The maximum Gasteiger partial charge on any atom is 0.306 e. The number of thioether (sulfide) groups is 1. The number of hydrogen-bond donors (Lipinski definition) is 2. The zero-order chi connectivity index (χ0) is 10.7. The lowest BCUT2D eigenvalue weighted by molar-refractivity contribution is -0.147. The molecule has 4 nitrogen and oxygen atoms in total. The van der Waals surface area contributed by atoms with Gasteiger partial charge in [0.05, 0.1) is 11.8 Å². The van der Waals surface area contributed by atoms with E-state index in [9.17, 15) is 9.59 Å². The lowest BCUT2D eigenvalue weighted by atomic mass is 9.81. The largest absolute Gasteiger partial charge is 0.481 e. The molecule has 0 aromatic carbocycles. The number of aliphatic carboxylic acids is 2. The molecule has 1 rings (SSSR count). The number of carboxylic acids is 2. The van der Waals surface area contributed by atoms with Crippen molar-refractivity contribution in [2.45, 2.75) is 24.5 Å². The molecule has 0 spiro atoms. The Labute approximate surface area is 86.7 Å². The third kappa shape index (κ3) is 2.64. The molecule has 2 N–H and O–H groups in total. The van der Waals surface area contributed by atoms with Gasteiger partial charge in [0.2, 0.25) is 0 Å². The van der Waals surface area contributed by atoms with E-state index in [0.29, 0.717) is 12.8 Å². The zero-order valence-electron chi connectivity index (χ0n) is 7.97. The summed E-state index contributed by atoms with van der Waals surface area (Å²) in [6.45, 7) is 0. The molecule has 0 heterocycles. The number of carboxylic acid groups (broad SMARTS) is 2. The molecule has 1 saturated carbocycles. The van der Waals surface area contributed by atoms with E-state index in [2.05, 4.69) is 0 Å². The minimum atomic E-state index is -0.866. The molecule has 0 aliphatic heterocycles. The highest BCUT2D eigenvalue weighted by molar-refractivity contribution is 7.99. The Bertz CT molecular complexity index is 219. The van der Waals surface area contributed by atoms with Gasteiger partial charge in [0.25, 0.3) is 0 Å². The van der Waals surface area contributed by atoms with Gasteiger partial charge in [-0.1, -0.05) is 0 Å². The molecule has 0 bridgehead atoms. The smallest absolute Gasteiger partial charge is 0.306 e. The Morgan fingerprint density at radius 1 is 1.07 bits per heavy atom. The predicted octanol–water partition coefficient (Wildman–Crippen LogP) is 1.30. The Morgan fingerprint density at radius 3 is 1.79 bits per heavy atom. The molecule has 0 aromatic heterocycles. The van der Waals surface area contributed by atoms with Crippen molar-refractivity contribution in [2.75, 3.05) is 6.26 Å². The van der Waals surface area contributed by atoms with Crippen molar-refractivity contribution in [2.24, 2.45) is 11.8 Å².